The lowest BCUT2D eigenvalue weighted by Crippen LogP contribution is -2.31. The number of nitrogens with zero attached hydrogens (tertiary/aromatic N) is 2. The van der Waals surface area contributed by atoms with E-state index in [1.165, 1.54) is 15.9 Å². The third kappa shape index (κ3) is 4.36. The Morgan fingerprint density at radius 3 is 2.50 bits per heavy atom. The molecule has 1 fully saturated rings. The van der Waals surface area contributed by atoms with Gasteiger partial charge in [0.25, 0.3) is 0 Å². The van der Waals surface area contributed by atoms with Crippen molar-refractivity contribution < 1.29 is 13.2 Å². The van der Waals surface area contributed by atoms with Crippen molar-refractivity contribution in [2.75, 3.05) is 36.9 Å². The van der Waals surface area contributed by atoms with E-state index in [0.29, 0.717) is 18.8 Å². The zero-order valence-electron chi connectivity index (χ0n) is 16.6. The highest BCUT2D eigenvalue weighted by molar-refractivity contribution is 7.89. The maximum absolute atomic E-state index is 12.7. The molecule has 0 bridgehead atoms. The minimum atomic E-state index is -3.50. The summed E-state index contributed by atoms with van der Waals surface area (Å²) in [4.78, 5) is 14.6. The lowest BCUT2D eigenvalue weighted by Gasteiger charge is -2.22. The Morgan fingerprint density at radius 1 is 1.11 bits per heavy atom. The Morgan fingerprint density at radius 2 is 1.79 bits per heavy atom. The summed E-state index contributed by atoms with van der Waals surface area (Å²) >= 11 is 0. The second kappa shape index (κ2) is 8.32. The van der Waals surface area contributed by atoms with Crippen molar-refractivity contribution in [2.45, 2.75) is 31.6 Å². The topological polar surface area (TPSA) is 69.7 Å². The summed E-state index contributed by atoms with van der Waals surface area (Å²) in [7, 11) is -1.63. The molecule has 1 aliphatic heterocycles. The van der Waals surface area contributed by atoms with Crippen LogP contribution in [0.5, 0.6) is 0 Å². The molecule has 2 aromatic rings. The first kappa shape index (κ1) is 20.4. The number of hydrogen-bond donors (Lipinski definition) is 1. The molecule has 0 atom stereocenters. The van der Waals surface area contributed by atoms with E-state index in [2.05, 4.69) is 5.32 Å². The van der Waals surface area contributed by atoms with Crippen LogP contribution in [-0.2, 0) is 14.8 Å². The molecule has 3 rings (SSSR count). The second-order valence-electron chi connectivity index (χ2n) is 7.26. The van der Waals surface area contributed by atoms with Crippen molar-refractivity contribution in [1.29, 1.82) is 0 Å². The van der Waals surface area contributed by atoms with Gasteiger partial charge >= 0.3 is 0 Å². The highest BCUT2D eigenvalue weighted by atomic mass is 32.2. The Hall–Kier alpha value is -2.38. The normalized spacial score (nSPS) is 14.8. The number of nitrogens with one attached hydrogen (secondary N) is 1. The number of amides is 1. The fourth-order valence-corrected chi connectivity index (χ4v) is 5.03. The summed E-state index contributed by atoms with van der Waals surface area (Å²) < 4.78 is 26.9. The summed E-state index contributed by atoms with van der Waals surface area (Å²) in [5, 5.41) is 2.82. The number of aryl methyl sites for hydroxylation is 1. The number of rotatable bonds is 6. The van der Waals surface area contributed by atoms with E-state index >= 15 is 0 Å². The van der Waals surface area contributed by atoms with E-state index in [-0.39, 0.29) is 17.3 Å². The van der Waals surface area contributed by atoms with Gasteiger partial charge in [-0.05, 0) is 62.1 Å². The van der Waals surface area contributed by atoms with Crippen LogP contribution in [0.4, 0.5) is 11.4 Å². The number of carbonyl (C=O) groups is 1. The van der Waals surface area contributed by atoms with Crippen LogP contribution in [0, 0.1) is 13.8 Å². The Kier molecular flexibility index (Phi) is 6.05. The van der Waals surface area contributed by atoms with Crippen LogP contribution in [0.2, 0.25) is 0 Å². The molecular formula is C21H27N3O3S. The molecule has 2 aromatic carbocycles. The van der Waals surface area contributed by atoms with Gasteiger partial charge < -0.3 is 10.2 Å². The summed E-state index contributed by atoms with van der Waals surface area (Å²) in [6.45, 7) is 5.36. The smallest absolute Gasteiger partial charge is 0.243 e. The Labute approximate surface area is 167 Å². The summed E-state index contributed by atoms with van der Waals surface area (Å²) in [6, 6.07) is 12.5. The van der Waals surface area contributed by atoms with Crippen LogP contribution in [0.1, 0.15) is 24.0 Å². The van der Waals surface area contributed by atoms with Gasteiger partial charge in [-0.2, -0.15) is 4.31 Å². The molecule has 1 aliphatic rings. The predicted octanol–water partition coefficient (Wildman–Crippen LogP) is 3.16. The molecule has 0 radical (unpaired) electrons. The maximum Gasteiger partial charge on any atom is 0.243 e. The van der Waals surface area contributed by atoms with Gasteiger partial charge in [0.1, 0.15) is 0 Å². The van der Waals surface area contributed by atoms with Crippen LogP contribution in [0.3, 0.4) is 0 Å². The monoisotopic (exact) mass is 401 g/mol. The number of hydrogen-bond acceptors (Lipinski definition) is 4. The number of benzene rings is 2. The zero-order chi connectivity index (χ0) is 20.3. The molecule has 150 valence electrons. The van der Waals surface area contributed by atoms with Crippen molar-refractivity contribution in [3.63, 3.8) is 0 Å². The van der Waals surface area contributed by atoms with Crippen LogP contribution in [0.15, 0.2) is 47.4 Å². The van der Waals surface area contributed by atoms with E-state index in [1.807, 2.05) is 44.0 Å². The van der Waals surface area contributed by atoms with Gasteiger partial charge in [-0.1, -0.05) is 18.2 Å². The van der Waals surface area contributed by atoms with Crippen molar-refractivity contribution in [2.24, 2.45) is 0 Å². The number of sulfonamides is 1. The standard InChI is InChI=1S/C21H27N3O3S/c1-16-8-6-11-20(17(16)2)23(3)15-21(25)22-18-9-7-10-19(14-18)28(26,27)24-12-4-5-13-24/h6-11,14H,4-5,12-13,15H2,1-3H3,(H,22,25). The Bertz CT molecular complexity index is 967. The van der Waals surface area contributed by atoms with E-state index < -0.39 is 10.0 Å². The first-order valence-electron chi connectivity index (χ1n) is 9.46. The van der Waals surface area contributed by atoms with Crippen molar-refractivity contribution in [3.8, 4) is 0 Å². The van der Waals surface area contributed by atoms with E-state index in [4.69, 9.17) is 0 Å². The third-order valence-corrected chi connectivity index (χ3v) is 7.08. The highest BCUT2D eigenvalue weighted by Crippen LogP contribution is 2.24. The van der Waals surface area contributed by atoms with Gasteiger partial charge in [0.05, 0.1) is 11.4 Å². The molecule has 0 spiro atoms. The van der Waals surface area contributed by atoms with Crippen LogP contribution < -0.4 is 10.2 Å². The minimum Gasteiger partial charge on any atom is -0.365 e. The average Bonchev–Trinajstić information content (AvgIpc) is 3.19. The van der Waals surface area contributed by atoms with Gasteiger partial charge in [0, 0.05) is 31.5 Å². The molecule has 1 N–H and O–H groups in total. The average molecular weight is 402 g/mol. The fourth-order valence-electron chi connectivity index (χ4n) is 3.46. The molecule has 1 saturated heterocycles. The van der Waals surface area contributed by atoms with Crippen LogP contribution in [-0.4, -0.2) is 45.3 Å². The van der Waals surface area contributed by atoms with Gasteiger partial charge in [0.2, 0.25) is 15.9 Å². The van der Waals surface area contributed by atoms with Crippen molar-refractivity contribution in [1.82, 2.24) is 4.31 Å². The molecule has 1 amide bonds. The molecule has 0 aromatic heterocycles. The van der Waals surface area contributed by atoms with Crippen molar-refractivity contribution >= 4 is 27.3 Å². The number of carbonyl (C=O) groups excluding carboxylic acids is 1. The SMILES string of the molecule is Cc1cccc(N(C)CC(=O)Nc2cccc(S(=O)(=O)N3CCCC3)c2)c1C. The minimum absolute atomic E-state index is 0.174. The van der Waals surface area contributed by atoms with E-state index in [9.17, 15) is 13.2 Å². The first-order chi connectivity index (χ1) is 13.3. The molecule has 6 nitrogen and oxygen atoms in total. The summed E-state index contributed by atoms with van der Waals surface area (Å²) in [5.41, 5.74) is 3.79. The van der Waals surface area contributed by atoms with Crippen LogP contribution in [0.25, 0.3) is 0 Å². The maximum atomic E-state index is 12.7. The lowest BCUT2D eigenvalue weighted by molar-refractivity contribution is -0.114. The summed E-state index contributed by atoms with van der Waals surface area (Å²) in [5.74, 6) is -0.195. The zero-order valence-corrected chi connectivity index (χ0v) is 17.4. The largest absolute Gasteiger partial charge is 0.365 e. The molecule has 28 heavy (non-hydrogen) atoms. The Balaban J connectivity index is 1.70. The highest BCUT2D eigenvalue weighted by Gasteiger charge is 2.27. The van der Waals surface area contributed by atoms with E-state index in [0.717, 1.165) is 24.1 Å². The molecule has 0 aliphatic carbocycles. The molecule has 0 unspecified atom stereocenters. The van der Waals surface area contributed by atoms with E-state index in [1.54, 1.807) is 18.2 Å². The van der Waals surface area contributed by atoms with Gasteiger partial charge in [-0.25, -0.2) is 8.42 Å². The number of anilines is 2. The molecular weight excluding hydrogens is 374 g/mol. The van der Waals surface area contributed by atoms with Gasteiger partial charge in [-0.15, -0.1) is 0 Å². The predicted molar refractivity (Wildman–Crippen MR) is 112 cm³/mol. The number of likely N-dealkylation sites (N-methyl/N-ethyl adjacent to an activating group) is 1. The molecule has 0 saturated carbocycles. The third-order valence-electron chi connectivity index (χ3n) is 5.19. The summed E-state index contributed by atoms with van der Waals surface area (Å²) in [6.07, 6.45) is 1.78. The lowest BCUT2D eigenvalue weighted by atomic mass is 10.1. The fraction of sp³-hybridized carbons (Fsp3) is 0.381. The second-order valence-corrected chi connectivity index (χ2v) is 9.20. The van der Waals surface area contributed by atoms with Gasteiger partial charge in [0.15, 0.2) is 0 Å². The van der Waals surface area contributed by atoms with Crippen LogP contribution >= 0.6 is 0 Å². The van der Waals surface area contributed by atoms with Crippen molar-refractivity contribution in [3.05, 3.63) is 53.6 Å². The van der Waals surface area contributed by atoms with Gasteiger partial charge in [-0.3, -0.25) is 4.79 Å². The molecule has 1 heterocycles. The first-order valence-corrected chi connectivity index (χ1v) is 10.9. The molecule has 7 heteroatoms. The quantitative estimate of drug-likeness (QED) is 0.807.